The van der Waals surface area contributed by atoms with Gasteiger partial charge in [-0.2, -0.15) is 0 Å². The van der Waals surface area contributed by atoms with Crippen LogP contribution in [0.2, 0.25) is 0 Å². The van der Waals surface area contributed by atoms with E-state index in [0.29, 0.717) is 63.6 Å². The third-order valence-electron chi connectivity index (χ3n) is 15.4. The fraction of sp³-hybridized carbons (Fsp3) is 0.517. The van der Waals surface area contributed by atoms with Crippen molar-refractivity contribution in [3.05, 3.63) is 109 Å². The quantitative estimate of drug-likeness (QED) is 0.0621. The molecule has 0 amide bonds. The number of aromatic nitrogens is 1. The second-order valence-electron chi connectivity index (χ2n) is 20.8. The van der Waals surface area contributed by atoms with E-state index in [2.05, 4.69) is 53.1 Å². The first-order chi connectivity index (χ1) is 33.4. The lowest BCUT2D eigenvalue weighted by Gasteiger charge is -2.21. The minimum absolute atomic E-state index is 0.0439. The Morgan fingerprint density at radius 2 is 1.60 bits per heavy atom. The monoisotopic (exact) mass is 955 g/mol. The molecule has 2 aliphatic carbocycles. The van der Waals surface area contributed by atoms with E-state index >= 15 is 0 Å². The maximum absolute atomic E-state index is 14.5. The van der Waals surface area contributed by atoms with Crippen LogP contribution in [0.25, 0.3) is 17.7 Å². The zero-order chi connectivity index (χ0) is 50.8. The van der Waals surface area contributed by atoms with E-state index in [4.69, 9.17) is 29.2 Å². The van der Waals surface area contributed by atoms with Crippen molar-refractivity contribution in [1.82, 2.24) is 4.98 Å². The number of nitrogens with one attached hydrogen (secondary N) is 1. The Morgan fingerprint density at radius 1 is 0.929 bits per heavy atom. The van der Waals surface area contributed by atoms with Gasteiger partial charge < -0.3 is 29.4 Å². The van der Waals surface area contributed by atoms with Crippen LogP contribution in [0.3, 0.4) is 0 Å². The van der Waals surface area contributed by atoms with Gasteiger partial charge in [0, 0.05) is 33.8 Å². The summed E-state index contributed by atoms with van der Waals surface area (Å²) >= 11 is 0. The fourth-order valence-electron chi connectivity index (χ4n) is 11.3. The summed E-state index contributed by atoms with van der Waals surface area (Å²) in [6.45, 7) is 23.4. The van der Waals surface area contributed by atoms with Gasteiger partial charge in [-0.1, -0.05) is 112 Å². The Bertz CT molecular complexity index is 2800. The van der Waals surface area contributed by atoms with Crippen molar-refractivity contribution in [3.63, 3.8) is 0 Å². The SMILES string of the molecule is C=Cc1c(C)c2[nH]c1=CC1=NC(=C(CC)/C1=C/O)C(OC)=C1N=C3C(=C1C)C(=O)[C@](O)(C(=O)OC)C3=C1C=C3C(=N1)C=2[C@@H](C)[C@@H]3CCC(=O)O/C=C/C(C)CCC[C@H](C)CCC[C@H](C)CCCC(C)C. The first-order valence-corrected chi connectivity index (χ1v) is 25.6. The molecular formula is C58H74N4O8. The number of hydrogen-bond acceptors (Lipinski definition) is 11. The van der Waals surface area contributed by atoms with Gasteiger partial charge in [-0.25, -0.2) is 19.8 Å². The zero-order valence-electron chi connectivity index (χ0n) is 43.3. The van der Waals surface area contributed by atoms with Gasteiger partial charge in [0.05, 0.1) is 60.7 Å². The normalized spacial score (nSPS) is 23.4. The number of aliphatic imine (C=N–C) groups is 3. The van der Waals surface area contributed by atoms with Crippen molar-refractivity contribution in [3.8, 4) is 0 Å². The molecule has 374 valence electrons. The number of rotatable bonds is 21. The highest BCUT2D eigenvalue weighted by Gasteiger charge is 2.62. The van der Waals surface area contributed by atoms with Crippen LogP contribution in [0.1, 0.15) is 144 Å². The predicted octanol–water partition coefficient (Wildman–Crippen LogP) is 10.4. The average molecular weight is 955 g/mol. The number of fused-ring (bicyclic) bond motifs is 5. The molecule has 1 unspecified atom stereocenters. The lowest BCUT2D eigenvalue weighted by molar-refractivity contribution is -0.161. The fourth-order valence-corrected chi connectivity index (χ4v) is 11.3. The molecule has 0 radical (unpaired) electrons. The number of carbonyl (C=O) groups is 3. The van der Waals surface area contributed by atoms with Gasteiger partial charge in [0.1, 0.15) is 11.4 Å². The van der Waals surface area contributed by atoms with Crippen LogP contribution < -0.4 is 10.7 Å². The number of ether oxygens (including phenoxy) is 3. The third-order valence-corrected chi connectivity index (χ3v) is 15.4. The number of Topliss-reactive ketones (excluding diaryl/α,β-unsaturated/α-hetero) is 1. The summed E-state index contributed by atoms with van der Waals surface area (Å²) in [6, 6.07) is 0. The summed E-state index contributed by atoms with van der Waals surface area (Å²) in [5.74, 6) is -0.00753. The van der Waals surface area contributed by atoms with E-state index in [1.165, 1.54) is 58.3 Å². The van der Waals surface area contributed by atoms with Gasteiger partial charge in [0.15, 0.2) is 5.76 Å². The predicted molar refractivity (Wildman–Crippen MR) is 278 cm³/mol. The largest absolute Gasteiger partial charge is 0.515 e. The lowest BCUT2D eigenvalue weighted by atomic mass is 9.87. The maximum atomic E-state index is 14.5. The van der Waals surface area contributed by atoms with E-state index < -0.39 is 17.4 Å². The molecule has 12 heteroatoms. The summed E-state index contributed by atoms with van der Waals surface area (Å²) in [5, 5.41) is 24.5. The minimum atomic E-state index is -2.75. The highest BCUT2D eigenvalue weighted by molar-refractivity contribution is 6.47. The topological polar surface area (TPSA) is 172 Å². The molecule has 5 heterocycles. The molecule has 6 atom stereocenters. The van der Waals surface area contributed by atoms with Gasteiger partial charge in [0.25, 0.3) is 5.60 Å². The zero-order valence-corrected chi connectivity index (χ0v) is 43.3. The Hall–Kier alpha value is -5.88. The first kappa shape index (κ1) is 52.0. The lowest BCUT2D eigenvalue weighted by Crippen LogP contribution is -2.46. The number of ketones is 1. The van der Waals surface area contributed by atoms with E-state index in [1.807, 2.05) is 32.1 Å². The minimum Gasteiger partial charge on any atom is -0.515 e. The Balaban J connectivity index is 1.18. The molecule has 12 nitrogen and oxygen atoms in total. The molecule has 8 bridgehead atoms. The van der Waals surface area contributed by atoms with Gasteiger partial charge >= 0.3 is 11.9 Å². The third kappa shape index (κ3) is 9.64. The number of nitrogens with zero attached hydrogens (tertiary/aromatic N) is 3. The molecule has 4 aliphatic heterocycles. The summed E-state index contributed by atoms with van der Waals surface area (Å²) in [5.41, 5.74) is 4.18. The number of aromatic amines is 1. The second kappa shape index (κ2) is 21.6. The molecule has 3 N–H and O–H groups in total. The number of aliphatic hydroxyl groups is 2. The number of esters is 2. The van der Waals surface area contributed by atoms with Crippen LogP contribution >= 0.6 is 0 Å². The summed E-state index contributed by atoms with van der Waals surface area (Å²) in [7, 11) is 2.60. The van der Waals surface area contributed by atoms with E-state index in [0.717, 1.165) is 65.7 Å². The molecule has 6 aliphatic rings. The number of allylic oxidation sites excluding steroid dienone is 6. The Labute approximate surface area is 414 Å². The number of H-pyrrole nitrogens is 1. The maximum Gasteiger partial charge on any atom is 0.351 e. The number of carbonyl (C=O) groups excluding carboxylic acids is 3. The summed E-state index contributed by atoms with van der Waals surface area (Å²) < 4.78 is 16.8. The molecule has 1 aromatic rings. The molecular weight excluding hydrogens is 881 g/mol. The highest BCUT2D eigenvalue weighted by Crippen LogP contribution is 2.51. The van der Waals surface area contributed by atoms with Crippen molar-refractivity contribution in [2.45, 2.75) is 145 Å². The first-order valence-electron chi connectivity index (χ1n) is 25.6. The second-order valence-corrected chi connectivity index (χ2v) is 20.8. The molecule has 1 aromatic heterocycles. The Kier molecular flexibility index (Phi) is 16.1. The molecule has 2 saturated carbocycles. The molecule has 2 fully saturated rings. The number of hydrogen-bond donors (Lipinski definition) is 3. The van der Waals surface area contributed by atoms with Crippen molar-refractivity contribution in [1.29, 1.82) is 0 Å². The number of methoxy groups -OCH3 is 2. The highest BCUT2D eigenvalue weighted by atomic mass is 16.5. The van der Waals surface area contributed by atoms with Crippen LogP contribution in [-0.2, 0) is 28.6 Å². The van der Waals surface area contributed by atoms with Gasteiger partial charge in [0.2, 0.25) is 5.78 Å². The van der Waals surface area contributed by atoms with E-state index in [9.17, 15) is 24.6 Å². The molecule has 0 aromatic carbocycles. The van der Waals surface area contributed by atoms with Crippen molar-refractivity contribution >= 4 is 52.6 Å². The molecule has 0 spiro atoms. The standard InChI is InChI=1S/C58H74N4O8/c1-13-38-36(9)50-47-35(8)40(24-25-46(64)70-27-26-34(7)23-17-22-33(6)21-16-20-32(5)19-15-18-31(3)4)41-28-45(61-52(41)47)49-54-48(56(65)58(49,67)57(66)69-12)37(10)51(62-54)55(68-11)53-39(14-2)42(30-63)44(60-53)29-43(38)59-50/h13,26-35,40,59,63,67H,1,14-25H2,2-12H3/b27-26+,42-30-,43-29?,49-45?,50-47?,55-51?/t32-,33-,34?,35+,40+,58+/m1/s1. The van der Waals surface area contributed by atoms with Gasteiger partial charge in [-0.3, -0.25) is 9.59 Å². The van der Waals surface area contributed by atoms with Crippen molar-refractivity contribution in [2.24, 2.45) is 50.5 Å². The molecule has 7 rings (SSSR count). The van der Waals surface area contributed by atoms with Crippen molar-refractivity contribution in [2.75, 3.05) is 14.2 Å². The van der Waals surface area contributed by atoms with Crippen LogP contribution in [0.15, 0.2) is 103 Å². The van der Waals surface area contributed by atoms with Gasteiger partial charge in [-0.15, -0.1) is 0 Å². The van der Waals surface area contributed by atoms with Gasteiger partial charge in [-0.05, 0) is 109 Å². The van der Waals surface area contributed by atoms with E-state index in [-0.39, 0.29) is 58.5 Å². The van der Waals surface area contributed by atoms with Crippen molar-refractivity contribution < 1.29 is 38.8 Å². The van der Waals surface area contributed by atoms with Crippen LogP contribution in [0.5, 0.6) is 0 Å². The smallest absolute Gasteiger partial charge is 0.351 e. The Morgan fingerprint density at radius 3 is 2.21 bits per heavy atom. The van der Waals surface area contributed by atoms with Crippen LogP contribution in [-0.4, -0.2) is 69.9 Å². The molecule has 70 heavy (non-hydrogen) atoms. The summed E-state index contributed by atoms with van der Waals surface area (Å²) in [6.07, 6.45) is 22.2. The van der Waals surface area contributed by atoms with Crippen LogP contribution in [0.4, 0.5) is 0 Å². The molecule has 0 saturated heterocycles. The summed E-state index contributed by atoms with van der Waals surface area (Å²) in [4.78, 5) is 60.5. The number of aliphatic hydroxyl groups excluding tert-OH is 1. The van der Waals surface area contributed by atoms with Crippen LogP contribution in [0, 0.1) is 42.4 Å². The van der Waals surface area contributed by atoms with E-state index in [1.54, 1.807) is 13.0 Å². The average Bonchev–Trinajstić information content (AvgIpc) is 4.14.